The van der Waals surface area contributed by atoms with E-state index in [2.05, 4.69) is 5.16 Å². The molecule has 0 aliphatic carbocycles. The third kappa shape index (κ3) is 4.87. The van der Waals surface area contributed by atoms with E-state index in [0.717, 1.165) is 30.9 Å². The van der Waals surface area contributed by atoms with E-state index in [9.17, 15) is 0 Å². The molecule has 4 heteroatoms. The van der Waals surface area contributed by atoms with Gasteiger partial charge >= 0.3 is 0 Å². The Kier molecular flexibility index (Phi) is 6.10. The maximum Gasteiger partial charge on any atom is 0.119 e. The van der Waals surface area contributed by atoms with Crippen LogP contribution in [0.4, 0.5) is 0 Å². The number of rotatable bonds is 7. The summed E-state index contributed by atoms with van der Waals surface area (Å²) >= 11 is 0. The molecule has 0 aliphatic heterocycles. The summed E-state index contributed by atoms with van der Waals surface area (Å²) in [6.07, 6.45) is 0.882. The highest BCUT2D eigenvalue weighted by atomic mass is 16.5. The van der Waals surface area contributed by atoms with E-state index in [-0.39, 0.29) is 0 Å². The Balaban J connectivity index is 2.35. The average molecular weight is 237 g/mol. The lowest BCUT2D eigenvalue weighted by Crippen LogP contribution is -2.03. The van der Waals surface area contributed by atoms with Gasteiger partial charge in [-0.15, -0.1) is 0 Å². The minimum absolute atomic E-state index is 0.591. The summed E-state index contributed by atoms with van der Waals surface area (Å²) in [5, 5.41) is 11.8. The molecule has 0 saturated heterocycles. The molecule has 0 aliphatic rings. The van der Waals surface area contributed by atoms with Crippen molar-refractivity contribution >= 4 is 5.71 Å². The zero-order valence-electron chi connectivity index (χ0n) is 10.3. The van der Waals surface area contributed by atoms with E-state index >= 15 is 0 Å². The largest absolute Gasteiger partial charge is 0.494 e. The molecule has 0 heterocycles. The summed E-state index contributed by atoms with van der Waals surface area (Å²) in [5.74, 6) is 0.816. The molecule has 0 bridgehead atoms. The number of nitrogens with zero attached hydrogens (tertiary/aromatic N) is 1. The number of hydrogen-bond acceptors (Lipinski definition) is 4. The van der Waals surface area contributed by atoms with Gasteiger partial charge in [0.1, 0.15) is 5.75 Å². The Labute approximate surface area is 102 Å². The fourth-order valence-electron chi connectivity index (χ4n) is 1.35. The van der Waals surface area contributed by atoms with E-state index in [0.29, 0.717) is 12.3 Å². The van der Waals surface area contributed by atoms with E-state index in [4.69, 9.17) is 14.7 Å². The van der Waals surface area contributed by atoms with Crippen LogP contribution in [-0.2, 0) is 4.74 Å². The molecular formula is C13H19NO3. The Morgan fingerprint density at radius 2 is 1.94 bits per heavy atom. The first-order valence-corrected chi connectivity index (χ1v) is 5.77. The van der Waals surface area contributed by atoms with Crippen LogP contribution in [0.5, 0.6) is 5.75 Å². The molecule has 94 valence electrons. The van der Waals surface area contributed by atoms with Crippen LogP contribution in [0, 0.1) is 0 Å². The van der Waals surface area contributed by atoms with Gasteiger partial charge in [-0.25, -0.2) is 0 Å². The molecule has 0 radical (unpaired) electrons. The zero-order chi connectivity index (χ0) is 12.5. The van der Waals surface area contributed by atoms with Crippen LogP contribution in [0.2, 0.25) is 0 Å². The normalized spacial score (nSPS) is 11.5. The maximum absolute atomic E-state index is 8.62. The summed E-state index contributed by atoms with van der Waals surface area (Å²) in [7, 11) is 0. The third-order valence-corrected chi connectivity index (χ3v) is 2.33. The van der Waals surface area contributed by atoms with Gasteiger partial charge < -0.3 is 14.7 Å². The number of hydrogen-bond donors (Lipinski definition) is 1. The molecule has 1 aromatic carbocycles. The average Bonchev–Trinajstić information content (AvgIpc) is 2.38. The van der Waals surface area contributed by atoms with Crippen molar-refractivity contribution < 1.29 is 14.7 Å². The van der Waals surface area contributed by atoms with Gasteiger partial charge in [0.2, 0.25) is 0 Å². The van der Waals surface area contributed by atoms with Crippen molar-refractivity contribution in [3.8, 4) is 5.75 Å². The first-order chi connectivity index (χ1) is 8.27. The Hall–Kier alpha value is -1.55. The highest BCUT2D eigenvalue weighted by molar-refractivity contribution is 5.98. The zero-order valence-corrected chi connectivity index (χ0v) is 10.3. The fraction of sp³-hybridized carbons (Fsp3) is 0.462. The molecular weight excluding hydrogens is 218 g/mol. The number of ether oxygens (including phenoxy) is 2. The van der Waals surface area contributed by atoms with Gasteiger partial charge in [0.15, 0.2) is 0 Å². The second kappa shape index (κ2) is 7.68. The van der Waals surface area contributed by atoms with Gasteiger partial charge in [-0.2, -0.15) is 0 Å². The molecule has 0 unspecified atom stereocenters. The summed E-state index contributed by atoms with van der Waals surface area (Å²) < 4.78 is 10.8. The molecule has 1 rings (SSSR count). The lowest BCUT2D eigenvalue weighted by Gasteiger charge is -2.06. The second-order valence-electron chi connectivity index (χ2n) is 3.61. The van der Waals surface area contributed by atoms with Gasteiger partial charge in [-0.1, -0.05) is 5.16 Å². The van der Waals surface area contributed by atoms with Crippen molar-refractivity contribution in [3.05, 3.63) is 29.8 Å². The lowest BCUT2D eigenvalue weighted by atomic mass is 10.1. The van der Waals surface area contributed by atoms with Crippen molar-refractivity contribution in [3.63, 3.8) is 0 Å². The monoisotopic (exact) mass is 237 g/mol. The minimum Gasteiger partial charge on any atom is -0.494 e. The van der Waals surface area contributed by atoms with Crippen molar-refractivity contribution in [2.45, 2.75) is 20.3 Å². The van der Waals surface area contributed by atoms with Crippen molar-refractivity contribution in [1.82, 2.24) is 0 Å². The van der Waals surface area contributed by atoms with E-state index in [1.54, 1.807) is 6.92 Å². The lowest BCUT2D eigenvalue weighted by molar-refractivity contribution is 0.131. The van der Waals surface area contributed by atoms with E-state index in [1.807, 2.05) is 31.2 Å². The fourth-order valence-corrected chi connectivity index (χ4v) is 1.35. The summed E-state index contributed by atoms with van der Waals surface area (Å²) in [4.78, 5) is 0. The van der Waals surface area contributed by atoms with Crippen LogP contribution in [0.25, 0.3) is 0 Å². The van der Waals surface area contributed by atoms with Crippen LogP contribution < -0.4 is 4.74 Å². The van der Waals surface area contributed by atoms with Crippen molar-refractivity contribution in [2.24, 2.45) is 5.16 Å². The molecule has 0 atom stereocenters. The molecule has 17 heavy (non-hydrogen) atoms. The van der Waals surface area contributed by atoms with Crippen LogP contribution in [0.15, 0.2) is 29.4 Å². The molecule has 4 nitrogen and oxygen atoms in total. The van der Waals surface area contributed by atoms with Crippen LogP contribution >= 0.6 is 0 Å². The highest BCUT2D eigenvalue weighted by Gasteiger charge is 1.98. The summed E-state index contributed by atoms with van der Waals surface area (Å²) in [5.41, 5.74) is 1.47. The smallest absolute Gasteiger partial charge is 0.119 e. The predicted octanol–water partition coefficient (Wildman–Crippen LogP) is 2.69. The minimum atomic E-state index is 0.591. The predicted molar refractivity (Wildman–Crippen MR) is 67.0 cm³/mol. The molecule has 0 spiro atoms. The van der Waals surface area contributed by atoms with E-state index < -0.39 is 0 Å². The number of oxime groups is 1. The third-order valence-electron chi connectivity index (χ3n) is 2.33. The van der Waals surface area contributed by atoms with Crippen molar-refractivity contribution in [2.75, 3.05) is 19.8 Å². The van der Waals surface area contributed by atoms with Gasteiger partial charge in [-0.3, -0.25) is 0 Å². The Morgan fingerprint density at radius 3 is 2.53 bits per heavy atom. The number of benzene rings is 1. The first kappa shape index (κ1) is 13.5. The van der Waals surface area contributed by atoms with Crippen LogP contribution in [0.3, 0.4) is 0 Å². The summed E-state index contributed by atoms with van der Waals surface area (Å²) in [6.45, 7) is 5.84. The molecule has 0 aromatic heterocycles. The topological polar surface area (TPSA) is 51.0 Å². The first-order valence-electron chi connectivity index (χ1n) is 5.77. The van der Waals surface area contributed by atoms with Gasteiger partial charge in [-0.05, 0) is 43.7 Å². The standard InChI is InChI=1S/C13H19NO3/c1-3-16-9-4-10-17-13-7-5-12(6-8-13)11(2)14-15/h5-8,15H,3-4,9-10H2,1-2H3. The second-order valence-corrected chi connectivity index (χ2v) is 3.61. The highest BCUT2D eigenvalue weighted by Crippen LogP contribution is 2.13. The molecule has 0 fully saturated rings. The SMILES string of the molecule is CCOCCCOc1ccc(C(C)=NO)cc1. The Morgan fingerprint density at radius 1 is 1.24 bits per heavy atom. The van der Waals surface area contributed by atoms with E-state index in [1.165, 1.54) is 0 Å². The quantitative estimate of drug-likeness (QED) is 0.343. The molecule has 0 amide bonds. The van der Waals surface area contributed by atoms with Crippen molar-refractivity contribution in [1.29, 1.82) is 0 Å². The molecule has 1 N–H and O–H groups in total. The van der Waals surface area contributed by atoms with Gasteiger partial charge in [0.05, 0.1) is 12.3 Å². The molecule has 0 saturated carbocycles. The van der Waals surface area contributed by atoms with Gasteiger partial charge in [0.25, 0.3) is 0 Å². The van der Waals surface area contributed by atoms with Crippen LogP contribution in [0.1, 0.15) is 25.8 Å². The maximum atomic E-state index is 8.62. The van der Waals surface area contributed by atoms with Crippen LogP contribution in [-0.4, -0.2) is 30.7 Å². The summed E-state index contributed by atoms with van der Waals surface area (Å²) in [6, 6.07) is 7.47. The molecule has 1 aromatic rings. The van der Waals surface area contributed by atoms with Gasteiger partial charge in [0, 0.05) is 19.6 Å². The Bertz CT molecular complexity index is 346.